The molecule has 0 radical (unpaired) electrons. The first-order chi connectivity index (χ1) is 42.7. The second kappa shape index (κ2) is 39.6. The van der Waals surface area contributed by atoms with E-state index >= 15 is 0 Å². The summed E-state index contributed by atoms with van der Waals surface area (Å²) in [6.07, 6.45) is -8.51. The molecular formula is C57H87N13O21. The van der Waals surface area contributed by atoms with Crippen LogP contribution in [0, 0.1) is 11.8 Å². The summed E-state index contributed by atoms with van der Waals surface area (Å²) < 4.78 is 0. The van der Waals surface area contributed by atoms with E-state index in [1.54, 1.807) is 58.0 Å². The topological polar surface area (TPSA) is 559 Å². The number of aliphatic hydroxyl groups excluding tert-OH is 1. The van der Waals surface area contributed by atoms with Gasteiger partial charge in [0.1, 0.15) is 54.4 Å². The molecular weight excluding hydrogens is 1200 g/mol. The number of carbonyl (C=O) groups is 16. The molecule has 12 amide bonds. The van der Waals surface area contributed by atoms with Crippen LogP contribution in [0.25, 0.3) is 0 Å². The highest BCUT2D eigenvalue weighted by Crippen LogP contribution is 2.13. The van der Waals surface area contributed by atoms with Gasteiger partial charge in [0.25, 0.3) is 0 Å². The average molecular weight is 1290 g/mol. The smallest absolute Gasteiger partial charge is 0.305 e. The van der Waals surface area contributed by atoms with Gasteiger partial charge in [-0.25, -0.2) is 0 Å². The molecule has 506 valence electrons. The second-order valence-corrected chi connectivity index (χ2v) is 22.7. The van der Waals surface area contributed by atoms with Crippen molar-refractivity contribution in [1.29, 1.82) is 0 Å². The predicted octanol–water partition coefficient (Wildman–Crippen LogP) is -4.86. The molecule has 1 aliphatic rings. The van der Waals surface area contributed by atoms with Crippen LogP contribution in [0.15, 0.2) is 30.3 Å². The Kier molecular flexibility index (Phi) is 33.9. The van der Waals surface area contributed by atoms with E-state index in [4.69, 9.17) is 11.5 Å². The van der Waals surface area contributed by atoms with Crippen LogP contribution in [-0.4, -0.2) is 200 Å². The van der Waals surface area contributed by atoms with E-state index in [9.17, 15) is 102 Å². The monoisotopic (exact) mass is 1290 g/mol. The summed E-state index contributed by atoms with van der Waals surface area (Å²) in [5.41, 5.74) is 12.4. The van der Waals surface area contributed by atoms with E-state index in [2.05, 4.69) is 58.5 Å². The fourth-order valence-electron chi connectivity index (χ4n) is 9.06. The molecule has 1 aromatic carbocycles. The van der Waals surface area contributed by atoms with E-state index in [1.807, 2.05) is 0 Å². The van der Waals surface area contributed by atoms with Gasteiger partial charge in [-0.05, 0) is 82.1 Å². The van der Waals surface area contributed by atoms with Crippen LogP contribution in [0.2, 0.25) is 0 Å². The zero-order valence-electron chi connectivity index (χ0n) is 51.3. The lowest BCUT2D eigenvalue weighted by molar-refractivity contribution is -0.142. The van der Waals surface area contributed by atoms with Crippen LogP contribution in [0.4, 0.5) is 0 Å². The maximum atomic E-state index is 14.1. The van der Waals surface area contributed by atoms with Gasteiger partial charge in [-0.1, -0.05) is 58.0 Å². The van der Waals surface area contributed by atoms with Crippen LogP contribution in [0.3, 0.4) is 0 Å². The molecule has 1 heterocycles. The molecule has 0 aromatic heterocycles. The van der Waals surface area contributed by atoms with E-state index in [1.165, 1.54) is 0 Å². The normalized spacial score (nSPS) is 22.8. The minimum atomic E-state index is -2.02. The van der Waals surface area contributed by atoms with Gasteiger partial charge in [0.15, 0.2) is 0 Å². The Labute approximate surface area is 523 Å². The van der Waals surface area contributed by atoms with E-state index in [-0.39, 0.29) is 56.9 Å². The van der Waals surface area contributed by atoms with Gasteiger partial charge < -0.3 is 95.5 Å². The fourth-order valence-corrected chi connectivity index (χ4v) is 9.06. The Morgan fingerprint density at radius 3 is 1.49 bits per heavy atom. The molecule has 1 saturated heterocycles. The molecule has 1 aromatic rings. The minimum Gasteiger partial charge on any atom is -0.481 e. The van der Waals surface area contributed by atoms with Crippen LogP contribution in [-0.2, 0) is 83.1 Å². The number of primary amides is 1. The highest BCUT2D eigenvalue weighted by molar-refractivity contribution is 5.99. The number of nitrogens with two attached hydrogens (primary N) is 2. The van der Waals surface area contributed by atoms with E-state index in [0.29, 0.717) is 5.56 Å². The molecule has 0 aliphatic carbocycles. The van der Waals surface area contributed by atoms with Crippen molar-refractivity contribution in [1.82, 2.24) is 58.5 Å². The number of hydrogen-bond acceptors (Lipinski definition) is 18. The van der Waals surface area contributed by atoms with Gasteiger partial charge in [-0.2, -0.15) is 0 Å². The van der Waals surface area contributed by atoms with Crippen LogP contribution < -0.4 is 70.0 Å². The molecule has 0 spiro atoms. The first kappa shape index (κ1) is 77.8. The molecule has 0 saturated carbocycles. The van der Waals surface area contributed by atoms with Gasteiger partial charge in [-0.3, -0.25) is 76.7 Å². The van der Waals surface area contributed by atoms with Crippen molar-refractivity contribution in [3.63, 3.8) is 0 Å². The van der Waals surface area contributed by atoms with Crippen molar-refractivity contribution in [2.75, 3.05) is 13.1 Å². The number of aliphatic carboxylic acids is 4. The SMILES string of the molecule is CC(C)C[C@H](NC(=O)[C@H](Cc1ccccc1)NC(=O)CC[C@@H]1NC(=O)[C@H](CCC(=O)O)NC(=O)CNC(=O)[C@H]([C@@H](C)O)NC(=O)[C@H](CCC(=O)O)NC(=O)[C@H](CCC(=O)O)NC(=O)[C@H](CC(=O)O)NC(=O)[C@H](CC(C)C)NC(=O)[C@@H](N)CCCCNC1=O)C(N)=O. The predicted molar refractivity (Wildman–Crippen MR) is 317 cm³/mol. The molecule has 0 bridgehead atoms. The van der Waals surface area contributed by atoms with Gasteiger partial charge in [-0.15, -0.1) is 0 Å². The number of carbonyl (C=O) groups excluding carboxylic acids is 12. The molecule has 1 aliphatic heterocycles. The second-order valence-electron chi connectivity index (χ2n) is 22.7. The van der Waals surface area contributed by atoms with Crippen molar-refractivity contribution in [2.24, 2.45) is 23.3 Å². The molecule has 34 nitrogen and oxygen atoms in total. The number of carboxylic acids is 4. The molecule has 91 heavy (non-hydrogen) atoms. The lowest BCUT2D eigenvalue weighted by Crippen LogP contribution is -2.61. The zero-order valence-corrected chi connectivity index (χ0v) is 51.3. The van der Waals surface area contributed by atoms with Crippen molar-refractivity contribution >= 4 is 94.8 Å². The summed E-state index contributed by atoms with van der Waals surface area (Å²) in [6.45, 7) is 6.70. The van der Waals surface area contributed by atoms with E-state index in [0.717, 1.165) is 6.92 Å². The number of benzene rings is 1. The maximum Gasteiger partial charge on any atom is 0.305 e. The van der Waals surface area contributed by atoms with Gasteiger partial charge in [0, 0.05) is 38.6 Å². The summed E-state index contributed by atoms with van der Waals surface area (Å²) in [7, 11) is 0. The summed E-state index contributed by atoms with van der Waals surface area (Å²) in [5.74, 6) is -19.6. The van der Waals surface area contributed by atoms with Crippen LogP contribution in [0.5, 0.6) is 0 Å². The Morgan fingerprint density at radius 2 is 1.00 bits per heavy atom. The number of carboxylic acid groups (broad SMARTS) is 4. The Balaban J connectivity index is 2.69. The summed E-state index contributed by atoms with van der Waals surface area (Å²) in [6, 6.07) is -8.11. The van der Waals surface area contributed by atoms with Gasteiger partial charge >= 0.3 is 23.9 Å². The fraction of sp³-hybridized carbons (Fsp3) is 0.614. The lowest BCUT2D eigenvalue weighted by Gasteiger charge is -2.27. The number of amides is 12. The zero-order chi connectivity index (χ0) is 68.7. The molecule has 1 fully saturated rings. The summed E-state index contributed by atoms with van der Waals surface area (Å²) in [5, 5.41) is 74.6. The first-order valence-corrected chi connectivity index (χ1v) is 29.6. The third kappa shape index (κ3) is 30.6. The summed E-state index contributed by atoms with van der Waals surface area (Å²) in [4.78, 5) is 211. The van der Waals surface area contributed by atoms with Crippen LogP contribution in [0.1, 0.15) is 130 Å². The van der Waals surface area contributed by atoms with Crippen molar-refractivity contribution in [3.05, 3.63) is 35.9 Å². The highest BCUT2D eigenvalue weighted by Gasteiger charge is 2.37. The molecule has 11 atom stereocenters. The Bertz CT molecular complexity index is 2750. The largest absolute Gasteiger partial charge is 0.481 e. The Hall–Kier alpha value is -9.34. The van der Waals surface area contributed by atoms with Crippen molar-refractivity contribution in [3.8, 4) is 0 Å². The van der Waals surface area contributed by atoms with E-state index < -0.39 is 226 Å². The standard InChI is InChI=1S/C57H87N13O21/c1-28(2)23-37(48(59)82)67-55(89)39(25-31-11-7-6-8-12-31)63-41(72)18-14-33-50(84)60-22-10-9-13-32(58)49(83)68-38(24-29(3)4)54(88)69-40(26-46(80)81)56(90)66-35(16-20-44(76)77)52(86)65-36(17-21-45(78)79)53(87)70-47(30(5)71)57(91)61-27-42(73)62-34(51(85)64-33)15-19-43(74)75/h6-8,11-12,28-30,32-40,47,71H,9-10,13-27,58H2,1-5H3,(H2,59,82)(H,60,84)(H,61,91)(H,62,73)(H,63,72)(H,64,85)(H,65,86)(H,66,90)(H,67,89)(H,68,83)(H,69,88)(H,70,87)(H,74,75)(H,76,77)(H,78,79)(H,80,81)/t30-,32+,33+,34+,35+,36+,37+,38+,39+,40+,47+/m1/s1. The third-order valence-electron chi connectivity index (χ3n) is 13.9. The van der Waals surface area contributed by atoms with Gasteiger partial charge in [0.2, 0.25) is 70.9 Å². The number of hydrogen-bond donors (Lipinski definition) is 18. The molecule has 2 rings (SSSR count). The van der Waals surface area contributed by atoms with Crippen LogP contribution >= 0.6 is 0 Å². The highest BCUT2D eigenvalue weighted by atomic mass is 16.4. The number of nitrogens with one attached hydrogen (secondary N) is 11. The van der Waals surface area contributed by atoms with Crippen molar-refractivity contribution < 1.29 is 102 Å². The third-order valence-corrected chi connectivity index (χ3v) is 13.9. The minimum absolute atomic E-state index is 0.0753. The maximum absolute atomic E-state index is 14.1. The summed E-state index contributed by atoms with van der Waals surface area (Å²) >= 11 is 0. The molecule has 0 unspecified atom stereocenters. The number of aliphatic hydroxyl groups is 1. The first-order valence-electron chi connectivity index (χ1n) is 29.6. The molecule has 20 N–H and O–H groups in total. The quantitative estimate of drug-likeness (QED) is 0.0436. The lowest BCUT2D eigenvalue weighted by atomic mass is 10.0. The number of rotatable bonds is 25. The Morgan fingerprint density at radius 1 is 0.527 bits per heavy atom. The average Bonchev–Trinajstić information content (AvgIpc) is 1.88. The molecule has 34 heteroatoms. The van der Waals surface area contributed by atoms with Crippen molar-refractivity contribution in [2.45, 2.75) is 197 Å². The van der Waals surface area contributed by atoms with Gasteiger partial charge in [0.05, 0.1) is 25.1 Å².